The molecule has 0 radical (unpaired) electrons. The Labute approximate surface area is 90.3 Å². The average molecular weight is 224 g/mol. The molecule has 0 bridgehead atoms. The van der Waals surface area contributed by atoms with Crippen LogP contribution in [-0.4, -0.2) is 23.7 Å². The van der Waals surface area contributed by atoms with E-state index in [0.717, 1.165) is 0 Å². The minimum Gasteiger partial charge on any atom is -0.480 e. The summed E-state index contributed by atoms with van der Waals surface area (Å²) in [6, 6.07) is 4.19. The van der Waals surface area contributed by atoms with E-state index in [9.17, 15) is 9.18 Å². The average Bonchev–Trinajstić information content (AvgIpc) is 2.26. The van der Waals surface area contributed by atoms with Gasteiger partial charge in [0.15, 0.2) is 0 Å². The first-order valence-electron chi connectivity index (χ1n) is 4.39. The largest absolute Gasteiger partial charge is 0.480 e. The van der Waals surface area contributed by atoms with Gasteiger partial charge in [-0.1, -0.05) is 5.11 Å². The molecule has 0 heterocycles. The van der Waals surface area contributed by atoms with E-state index in [4.69, 9.17) is 10.6 Å². The highest BCUT2D eigenvalue weighted by Crippen LogP contribution is 2.10. The number of hydrogen-bond donors (Lipinski definition) is 2. The third-order valence-electron chi connectivity index (χ3n) is 1.81. The highest BCUT2D eigenvalue weighted by atomic mass is 19.1. The molecular formula is C9H9FN4O2. The lowest BCUT2D eigenvalue weighted by Crippen LogP contribution is -2.31. The van der Waals surface area contributed by atoms with Gasteiger partial charge in [-0.15, -0.1) is 0 Å². The summed E-state index contributed by atoms with van der Waals surface area (Å²) in [7, 11) is 0. The predicted molar refractivity (Wildman–Crippen MR) is 55.5 cm³/mol. The molecule has 1 aromatic rings. The zero-order valence-corrected chi connectivity index (χ0v) is 8.17. The summed E-state index contributed by atoms with van der Waals surface area (Å²) >= 11 is 0. The Morgan fingerprint density at radius 3 is 2.69 bits per heavy atom. The van der Waals surface area contributed by atoms with Gasteiger partial charge < -0.3 is 10.4 Å². The van der Waals surface area contributed by atoms with Crippen LogP contribution in [0.3, 0.4) is 0 Å². The van der Waals surface area contributed by atoms with Crippen molar-refractivity contribution in [1.82, 2.24) is 0 Å². The Hall–Kier alpha value is -2.27. The van der Waals surface area contributed by atoms with E-state index in [1.165, 1.54) is 24.3 Å². The van der Waals surface area contributed by atoms with Crippen LogP contribution in [0.4, 0.5) is 10.1 Å². The van der Waals surface area contributed by atoms with Crippen molar-refractivity contribution in [3.8, 4) is 0 Å². The fourth-order valence-electron chi connectivity index (χ4n) is 1.05. The van der Waals surface area contributed by atoms with Gasteiger partial charge in [0.05, 0.1) is 6.54 Å². The van der Waals surface area contributed by atoms with Crippen LogP contribution in [0.5, 0.6) is 0 Å². The standard InChI is InChI=1S/C9H9FN4O2/c10-6-1-3-7(4-2-6)13-8(9(15)16)5-12-14-11/h1-4,8,13H,5H2,(H,15,16). The van der Waals surface area contributed by atoms with E-state index in [2.05, 4.69) is 15.3 Å². The zero-order chi connectivity index (χ0) is 12.0. The van der Waals surface area contributed by atoms with Gasteiger partial charge in [0, 0.05) is 10.6 Å². The monoisotopic (exact) mass is 224 g/mol. The molecule has 1 aromatic carbocycles. The van der Waals surface area contributed by atoms with E-state index >= 15 is 0 Å². The molecule has 0 aliphatic rings. The number of halogens is 1. The van der Waals surface area contributed by atoms with Crippen LogP contribution in [-0.2, 0) is 4.79 Å². The molecule has 1 unspecified atom stereocenters. The minimum absolute atomic E-state index is 0.219. The first kappa shape index (κ1) is 11.8. The van der Waals surface area contributed by atoms with Gasteiger partial charge in [-0.2, -0.15) is 0 Å². The number of benzene rings is 1. The summed E-state index contributed by atoms with van der Waals surface area (Å²) in [5, 5.41) is 14.6. The lowest BCUT2D eigenvalue weighted by atomic mass is 10.2. The molecule has 0 aliphatic carbocycles. The number of aliphatic carboxylic acids is 1. The number of rotatable bonds is 5. The molecule has 1 atom stereocenters. The lowest BCUT2D eigenvalue weighted by molar-refractivity contribution is -0.137. The summed E-state index contributed by atoms with van der Waals surface area (Å²) in [6.07, 6.45) is 0. The molecule has 0 aromatic heterocycles. The van der Waals surface area contributed by atoms with Crippen molar-refractivity contribution in [2.75, 3.05) is 11.9 Å². The fraction of sp³-hybridized carbons (Fsp3) is 0.222. The maximum absolute atomic E-state index is 12.6. The molecule has 0 amide bonds. The third kappa shape index (κ3) is 3.47. The molecule has 0 spiro atoms. The van der Waals surface area contributed by atoms with Gasteiger partial charge in [-0.3, -0.25) is 0 Å². The predicted octanol–water partition coefficient (Wildman–Crippen LogP) is 2.00. The lowest BCUT2D eigenvalue weighted by Gasteiger charge is -2.12. The van der Waals surface area contributed by atoms with Crippen LogP contribution in [0.2, 0.25) is 0 Å². The number of azide groups is 1. The maximum atomic E-state index is 12.6. The molecule has 0 saturated heterocycles. The van der Waals surface area contributed by atoms with Crippen LogP contribution in [0, 0.1) is 5.82 Å². The summed E-state index contributed by atoms with van der Waals surface area (Å²) < 4.78 is 12.6. The second kappa shape index (κ2) is 5.57. The molecule has 84 valence electrons. The topological polar surface area (TPSA) is 98.1 Å². The maximum Gasteiger partial charge on any atom is 0.326 e. The van der Waals surface area contributed by atoms with E-state index in [-0.39, 0.29) is 6.54 Å². The van der Waals surface area contributed by atoms with Gasteiger partial charge in [-0.25, -0.2) is 9.18 Å². The molecule has 0 aliphatic heterocycles. The number of anilines is 1. The number of nitrogens with one attached hydrogen (secondary N) is 1. The zero-order valence-electron chi connectivity index (χ0n) is 8.17. The fourth-order valence-corrected chi connectivity index (χ4v) is 1.05. The van der Waals surface area contributed by atoms with E-state index in [1.807, 2.05) is 0 Å². The number of nitrogens with zero attached hydrogens (tertiary/aromatic N) is 3. The van der Waals surface area contributed by atoms with Gasteiger partial charge in [0.2, 0.25) is 0 Å². The van der Waals surface area contributed by atoms with Crippen LogP contribution in [0.15, 0.2) is 29.4 Å². The van der Waals surface area contributed by atoms with E-state index < -0.39 is 17.8 Å². The Morgan fingerprint density at radius 1 is 1.56 bits per heavy atom. The Bertz CT molecular complexity index is 414. The van der Waals surface area contributed by atoms with Crippen LogP contribution in [0.25, 0.3) is 10.4 Å². The molecule has 0 saturated carbocycles. The van der Waals surface area contributed by atoms with Crippen molar-refractivity contribution < 1.29 is 14.3 Å². The first-order chi connectivity index (χ1) is 7.63. The van der Waals surface area contributed by atoms with Crippen molar-refractivity contribution >= 4 is 11.7 Å². The van der Waals surface area contributed by atoms with E-state index in [1.54, 1.807) is 0 Å². The van der Waals surface area contributed by atoms with Gasteiger partial charge >= 0.3 is 5.97 Å². The summed E-state index contributed by atoms with van der Waals surface area (Å²) in [4.78, 5) is 13.2. The number of carboxylic acids is 1. The molecule has 1 rings (SSSR count). The van der Waals surface area contributed by atoms with Crippen molar-refractivity contribution in [2.24, 2.45) is 5.11 Å². The summed E-state index contributed by atoms with van der Waals surface area (Å²) in [5.74, 6) is -1.55. The van der Waals surface area contributed by atoms with Crippen LogP contribution >= 0.6 is 0 Å². The van der Waals surface area contributed by atoms with E-state index in [0.29, 0.717) is 5.69 Å². The van der Waals surface area contributed by atoms with Gasteiger partial charge in [0.25, 0.3) is 0 Å². The number of carboxylic acid groups (broad SMARTS) is 1. The molecule has 7 heteroatoms. The Balaban J connectivity index is 2.71. The number of carbonyl (C=O) groups is 1. The smallest absolute Gasteiger partial charge is 0.326 e. The van der Waals surface area contributed by atoms with Crippen LogP contribution in [0.1, 0.15) is 0 Å². The van der Waals surface area contributed by atoms with Crippen molar-refractivity contribution in [2.45, 2.75) is 6.04 Å². The Morgan fingerprint density at radius 2 is 2.19 bits per heavy atom. The third-order valence-corrected chi connectivity index (χ3v) is 1.81. The van der Waals surface area contributed by atoms with Crippen molar-refractivity contribution in [3.05, 3.63) is 40.5 Å². The minimum atomic E-state index is -1.14. The van der Waals surface area contributed by atoms with Gasteiger partial charge in [0.1, 0.15) is 11.9 Å². The highest BCUT2D eigenvalue weighted by molar-refractivity contribution is 5.77. The number of hydrogen-bond acceptors (Lipinski definition) is 3. The second-order valence-electron chi connectivity index (χ2n) is 2.96. The molecule has 0 fully saturated rings. The van der Waals surface area contributed by atoms with Gasteiger partial charge in [-0.05, 0) is 29.8 Å². The van der Waals surface area contributed by atoms with Crippen molar-refractivity contribution in [1.29, 1.82) is 0 Å². The quantitative estimate of drug-likeness (QED) is 0.454. The molecule has 2 N–H and O–H groups in total. The first-order valence-corrected chi connectivity index (χ1v) is 4.39. The molecule has 6 nitrogen and oxygen atoms in total. The summed E-state index contributed by atoms with van der Waals surface area (Å²) in [6.45, 7) is -0.219. The Kier molecular flexibility index (Phi) is 4.11. The normalized spacial score (nSPS) is 11.3. The summed E-state index contributed by atoms with van der Waals surface area (Å²) in [5.41, 5.74) is 8.53. The highest BCUT2D eigenvalue weighted by Gasteiger charge is 2.15. The molecular weight excluding hydrogens is 215 g/mol. The van der Waals surface area contributed by atoms with Crippen LogP contribution < -0.4 is 5.32 Å². The second-order valence-corrected chi connectivity index (χ2v) is 2.96. The van der Waals surface area contributed by atoms with Crippen molar-refractivity contribution in [3.63, 3.8) is 0 Å². The molecule has 16 heavy (non-hydrogen) atoms. The SMILES string of the molecule is [N-]=[N+]=NCC(Nc1ccc(F)cc1)C(=O)O.